The van der Waals surface area contributed by atoms with Gasteiger partial charge in [0.15, 0.2) is 0 Å². The molecule has 0 unspecified atom stereocenters. The van der Waals surface area contributed by atoms with Gasteiger partial charge in [-0.05, 0) is 50.0 Å². The van der Waals surface area contributed by atoms with Crippen molar-refractivity contribution in [2.75, 3.05) is 38.8 Å². The molecular weight excluding hydrogens is 446 g/mol. The monoisotopic (exact) mass is 480 g/mol. The largest absolute Gasteiger partial charge is 0.335 e. The van der Waals surface area contributed by atoms with Crippen LogP contribution in [0.25, 0.3) is 11.1 Å². The van der Waals surface area contributed by atoms with Crippen LogP contribution in [-0.2, 0) is 27.2 Å². The Bertz CT molecular complexity index is 846. The Hall–Kier alpha value is -1.52. The highest BCUT2D eigenvalue weighted by molar-refractivity contribution is 7.55. The molecule has 2 aromatic rings. The fraction of sp³-hybridized carbons (Fsp3) is 0.417. The molecule has 0 aliphatic carbocycles. The predicted molar refractivity (Wildman–Crippen MR) is 131 cm³/mol. The molecule has 0 saturated heterocycles. The lowest BCUT2D eigenvalue weighted by Gasteiger charge is -2.24. The molecule has 6 nitrogen and oxygen atoms in total. The zero-order valence-electron chi connectivity index (χ0n) is 19.4. The van der Waals surface area contributed by atoms with Crippen LogP contribution in [0.4, 0.5) is 0 Å². The summed E-state index contributed by atoms with van der Waals surface area (Å²) in [7, 11) is -6.88. The number of rotatable bonds is 14. The molecule has 0 saturated carbocycles. The summed E-state index contributed by atoms with van der Waals surface area (Å²) in [5.41, 5.74) is 3.18. The summed E-state index contributed by atoms with van der Waals surface area (Å²) in [5.74, 6) is 0. The van der Waals surface area contributed by atoms with Crippen LogP contribution in [0.1, 0.15) is 38.8 Å². The summed E-state index contributed by atoms with van der Waals surface area (Å²) in [6.07, 6.45) is 0.0857. The average molecular weight is 480 g/mol. The van der Waals surface area contributed by atoms with Crippen LogP contribution in [0.15, 0.2) is 60.7 Å². The Kier molecular flexibility index (Phi) is 11.1. The number of benzene rings is 2. The predicted octanol–water partition coefficient (Wildman–Crippen LogP) is 7.13. The number of hydrogen-bond donors (Lipinski definition) is 0. The van der Waals surface area contributed by atoms with Gasteiger partial charge in [0.05, 0.1) is 38.8 Å². The van der Waals surface area contributed by atoms with Crippen LogP contribution >= 0.6 is 15.2 Å². The normalized spacial score (nSPS) is 13.1. The third-order valence-electron chi connectivity index (χ3n) is 4.62. The van der Waals surface area contributed by atoms with Crippen molar-refractivity contribution in [3.63, 3.8) is 0 Å². The van der Waals surface area contributed by atoms with Crippen LogP contribution in [0, 0.1) is 0 Å². The Labute approximate surface area is 192 Å². The van der Waals surface area contributed by atoms with E-state index in [1.54, 1.807) is 27.7 Å². The van der Waals surface area contributed by atoms with Crippen LogP contribution in [0.5, 0.6) is 0 Å². The minimum absolute atomic E-state index is 0.0428. The highest BCUT2D eigenvalue weighted by Crippen LogP contribution is 2.56. The Morgan fingerprint density at radius 1 is 0.562 bits per heavy atom. The van der Waals surface area contributed by atoms with Crippen LogP contribution < -0.4 is 0 Å². The zero-order valence-corrected chi connectivity index (χ0v) is 21.1. The molecule has 0 bridgehead atoms. The third kappa shape index (κ3) is 7.81. The van der Waals surface area contributed by atoms with E-state index in [9.17, 15) is 9.13 Å². The minimum Gasteiger partial charge on any atom is -0.309 e. The van der Waals surface area contributed by atoms with Crippen LogP contribution in [0.3, 0.4) is 0 Å². The van der Waals surface area contributed by atoms with E-state index in [-0.39, 0.29) is 38.8 Å². The van der Waals surface area contributed by atoms with Gasteiger partial charge >= 0.3 is 15.2 Å². The van der Waals surface area contributed by atoms with E-state index in [2.05, 4.69) is 0 Å². The smallest absolute Gasteiger partial charge is 0.309 e. The van der Waals surface area contributed by atoms with Gasteiger partial charge < -0.3 is 18.1 Å². The van der Waals surface area contributed by atoms with E-state index in [1.807, 2.05) is 60.7 Å². The SMILES string of the molecule is CCOP(=O)(C/C(=C(\CP(=O)(OCC)OCC)c1ccccc1)c1ccccc1)OCC. The zero-order chi connectivity index (χ0) is 23.5. The molecule has 0 radical (unpaired) electrons. The maximum atomic E-state index is 13.5. The third-order valence-corrected chi connectivity index (χ3v) is 8.63. The topological polar surface area (TPSA) is 71.1 Å². The van der Waals surface area contributed by atoms with E-state index >= 15 is 0 Å². The van der Waals surface area contributed by atoms with Gasteiger partial charge in [-0.25, -0.2) is 0 Å². The van der Waals surface area contributed by atoms with Crippen molar-refractivity contribution in [1.82, 2.24) is 0 Å². The van der Waals surface area contributed by atoms with E-state index in [0.29, 0.717) is 0 Å². The standard InChI is InChI=1S/C24H34O6P2/c1-5-27-31(25,28-6-2)19-23(21-15-11-9-12-16-21)24(22-17-13-10-14-18-22)20-32(26,29-7-3)30-8-4/h9-18H,5-8,19-20H2,1-4H3/b24-23-. The quantitative estimate of drug-likeness (QED) is 0.212. The second kappa shape index (κ2) is 13.3. The summed E-state index contributed by atoms with van der Waals surface area (Å²) in [4.78, 5) is 0. The molecule has 0 aromatic heterocycles. The van der Waals surface area contributed by atoms with Gasteiger partial charge in [0.25, 0.3) is 0 Å². The first kappa shape index (κ1) is 26.7. The summed E-state index contributed by atoms with van der Waals surface area (Å²) in [6, 6.07) is 19.2. The number of hydrogen-bond acceptors (Lipinski definition) is 6. The molecule has 0 aliphatic heterocycles. The lowest BCUT2D eigenvalue weighted by atomic mass is 9.97. The Morgan fingerprint density at radius 3 is 1.09 bits per heavy atom. The van der Waals surface area contributed by atoms with Crippen molar-refractivity contribution >= 4 is 26.3 Å². The van der Waals surface area contributed by atoms with Crippen molar-refractivity contribution in [2.45, 2.75) is 27.7 Å². The van der Waals surface area contributed by atoms with Crippen molar-refractivity contribution in [3.8, 4) is 0 Å². The first-order chi connectivity index (χ1) is 15.4. The molecule has 2 aromatic carbocycles. The first-order valence-electron chi connectivity index (χ1n) is 11.0. The van der Waals surface area contributed by atoms with Gasteiger partial charge in [0.1, 0.15) is 0 Å². The molecule has 0 aliphatic rings. The van der Waals surface area contributed by atoms with Gasteiger partial charge in [0.2, 0.25) is 0 Å². The molecule has 0 heterocycles. The fourth-order valence-corrected chi connectivity index (χ4v) is 7.04. The molecule has 2 rings (SSSR count). The molecule has 0 atom stereocenters. The fourth-order valence-electron chi connectivity index (χ4n) is 3.43. The lowest BCUT2D eigenvalue weighted by molar-refractivity contribution is 0.221. The van der Waals surface area contributed by atoms with Gasteiger partial charge in [-0.15, -0.1) is 0 Å². The van der Waals surface area contributed by atoms with Crippen molar-refractivity contribution in [1.29, 1.82) is 0 Å². The van der Waals surface area contributed by atoms with E-state index < -0.39 is 15.2 Å². The second-order valence-electron chi connectivity index (χ2n) is 6.90. The van der Waals surface area contributed by atoms with Gasteiger partial charge in [-0.1, -0.05) is 60.7 Å². The van der Waals surface area contributed by atoms with Crippen LogP contribution in [0.2, 0.25) is 0 Å². The average Bonchev–Trinajstić information content (AvgIpc) is 2.78. The molecule has 0 amide bonds. The molecule has 176 valence electrons. The van der Waals surface area contributed by atoms with Crippen molar-refractivity contribution in [2.24, 2.45) is 0 Å². The van der Waals surface area contributed by atoms with Gasteiger partial charge in [-0.3, -0.25) is 9.13 Å². The van der Waals surface area contributed by atoms with Gasteiger partial charge in [-0.2, -0.15) is 0 Å². The van der Waals surface area contributed by atoms with Gasteiger partial charge in [0, 0.05) is 0 Å². The minimum atomic E-state index is -3.44. The van der Waals surface area contributed by atoms with Crippen LogP contribution in [-0.4, -0.2) is 38.8 Å². The van der Waals surface area contributed by atoms with E-state index in [4.69, 9.17) is 18.1 Å². The first-order valence-corrected chi connectivity index (χ1v) is 14.4. The molecule has 0 spiro atoms. The molecular formula is C24H34O6P2. The summed E-state index contributed by atoms with van der Waals surface area (Å²) in [6.45, 7) is 8.18. The van der Waals surface area contributed by atoms with Crippen molar-refractivity contribution < 1.29 is 27.2 Å². The highest BCUT2D eigenvalue weighted by Gasteiger charge is 2.32. The van der Waals surface area contributed by atoms with E-state index in [0.717, 1.165) is 22.3 Å². The maximum absolute atomic E-state index is 13.5. The Morgan fingerprint density at radius 2 is 0.844 bits per heavy atom. The highest BCUT2D eigenvalue weighted by atomic mass is 31.2. The number of allylic oxidation sites excluding steroid dienone is 2. The maximum Gasteiger partial charge on any atom is 0.335 e. The van der Waals surface area contributed by atoms with E-state index in [1.165, 1.54) is 0 Å². The molecule has 0 N–H and O–H groups in total. The lowest BCUT2D eigenvalue weighted by Crippen LogP contribution is -2.08. The molecule has 0 fully saturated rings. The van der Waals surface area contributed by atoms with Crippen molar-refractivity contribution in [3.05, 3.63) is 71.8 Å². The molecule has 8 heteroatoms. The summed E-state index contributed by atoms with van der Waals surface area (Å²) in [5, 5.41) is 0. The second-order valence-corrected chi connectivity index (χ2v) is 11.0. The summed E-state index contributed by atoms with van der Waals surface area (Å²) < 4.78 is 49.5. The Balaban J connectivity index is 2.74. The summed E-state index contributed by atoms with van der Waals surface area (Å²) >= 11 is 0. The molecule has 32 heavy (non-hydrogen) atoms.